The molecule has 1 unspecified atom stereocenters. The lowest BCUT2D eigenvalue weighted by Crippen LogP contribution is -2.54. The van der Waals surface area contributed by atoms with Gasteiger partial charge in [0.2, 0.25) is 5.91 Å². The Hall–Kier alpha value is -1.95. The quantitative estimate of drug-likeness (QED) is 0.840. The van der Waals surface area contributed by atoms with E-state index in [0.29, 0.717) is 13.1 Å². The standard InChI is InChI=1S/C13H17N3O3/c1-15-9-12(17)16(8-11(15)6-13(18)19)7-10-2-4-14-5-3-10/h2-5,11H,6-9H2,1H3,(H,18,19). The number of likely N-dealkylation sites (N-methyl/N-ethyl adjacent to an activating group) is 1. The fourth-order valence-electron chi connectivity index (χ4n) is 2.22. The van der Waals surface area contributed by atoms with Crippen LogP contribution in [0.5, 0.6) is 0 Å². The molecular formula is C13H17N3O3. The molecule has 6 heteroatoms. The predicted molar refractivity (Wildman–Crippen MR) is 68.3 cm³/mol. The minimum absolute atomic E-state index is 0.0287. The van der Waals surface area contributed by atoms with E-state index in [4.69, 9.17) is 5.11 Å². The first-order valence-corrected chi connectivity index (χ1v) is 6.15. The molecule has 0 bridgehead atoms. The SMILES string of the molecule is CN1CC(=O)N(Cc2ccncc2)CC1CC(=O)O. The van der Waals surface area contributed by atoms with Gasteiger partial charge < -0.3 is 10.0 Å². The number of hydrogen-bond donors (Lipinski definition) is 1. The molecular weight excluding hydrogens is 246 g/mol. The minimum Gasteiger partial charge on any atom is -0.481 e. The van der Waals surface area contributed by atoms with Gasteiger partial charge in [0.1, 0.15) is 0 Å². The van der Waals surface area contributed by atoms with Crippen LogP contribution in [0.15, 0.2) is 24.5 Å². The van der Waals surface area contributed by atoms with Crippen LogP contribution >= 0.6 is 0 Å². The van der Waals surface area contributed by atoms with Crippen molar-refractivity contribution in [2.24, 2.45) is 0 Å². The summed E-state index contributed by atoms with van der Waals surface area (Å²) < 4.78 is 0. The van der Waals surface area contributed by atoms with Crippen LogP contribution in [0.4, 0.5) is 0 Å². The Balaban J connectivity index is 2.03. The number of hydrogen-bond acceptors (Lipinski definition) is 4. The minimum atomic E-state index is -0.838. The molecule has 0 spiro atoms. The van der Waals surface area contributed by atoms with Gasteiger partial charge in [0.05, 0.1) is 13.0 Å². The highest BCUT2D eigenvalue weighted by atomic mass is 16.4. The van der Waals surface area contributed by atoms with E-state index < -0.39 is 5.97 Å². The molecule has 2 rings (SSSR count). The van der Waals surface area contributed by atoms with Gasteiger partial charge >= 0.3 is 5.97 Å². The van der Waals surface area contributed by atoms with Crippen LogP contribution < -0.4 is 0 Å². The highest BCUT2D eigenvalue weighted by Crippen LogP contribution is 2.14. The van der Waals surface area contributed by atoms with Crippen LogP contribution in [0.25, 0.3) is 0 Å². The molecule has 1 saturated heterocycles. The number of rotatable bonds is 4. The van der Waals surface area contributed by atoms with E-state index in [-0.39, 0.29) is 24.9 Å². The number of carbonyl (C=O) groups is 2. The van der Waals surface area contributed by atoms with Crippen molar-refractivity contribution >= 4 is 11.9 Å². The van der Waals surface area contributed by atoms with Crippen LogP contribution in [-0.4, -0.2) is 57.9 Å². The van der Waals surface area contributed by atoms with Crippen molar-refractivity contribution in [1.29, 1.82) is 0 Å². The number of carbonyl (C=O) groups excluding carboxylic acids is 1. The van der Waals surface area contributed by atoms with Gasteiger partial charge in [0.15, 0.2) is 0 Å². The number of aliphatic carboxylic acids is 1. The Labute approximate surface area is 111 Å². The van der Waals surface area contributed by atoms with Gasteiger partial charge in [0, 0.05) is 31.5 Å². The molecule has 6 nitrogen and oxygen atoms in total. The van der Waals surface area contributed by atoms with Crippen molar-refractivity contribution in [1.82, 2.24) is 14.8 Å². The van der Waals surface area contributed by atoms with E-state index in [0.717, 1.165) is 5.56 Å². The van der Waals surface area contributed by atoms with Crippen LogP contribution in [0, 0.1) is 0 Å². The number of amides is 1. The first kappa shape index (κ1) is 13.5. The Kier molecular flexibility index (Phi) is 4.11. The first-order valence-electron chi connectivity index (χ1n) is 6.15. The summed E-state index contributed by atoms with van der Waals surface area (Å²) in [5.74, 6) is -0.809. The normalized spacial score (nSPS) is 20.6. The monoisotopic (exact) mass is 263 g/mol. The number of carboxylic acid groups (broad SMARTS) is 1. The number of piperazine rings is 1. The van der Waals surface area contributed by atoms with Gasteiger partial charge in [0.25, 0.3) is 0 Å². The highest BCUT2D eigenvalue weighted by molar-refractivity contribution is 5.79. The van der Waals surface area contributed by atoms with Crippen molar-refractivity contribution in [3.05, 3.63) is 30.1 Å². The molecule has 1 aromatic heterocycles. The lowest BCUT2D eigenvalue weighted by Gasteiger charge is -2.38. The molecule has 0 radical (unpaired) electrons. The van der Waals surface area contributed by atoms with Gasteiger partial charge in [-0.15, -0.1) is 0 Å². The second-order valence-corrected chi connectivity index (χ2v) is 4.80. The lowest BCUT2D eigenvalue weighted by atomic mass is 10.1. The summed E-state index contributed by atoms with van der Waals surface area (Å²) in [7, 11) is 1.79. The lowest BCUT2D eigenvalue weighted by molar-refractivity contribution is -0.144. The predicted octanol–water partition coefficient (Wildman–Crippen LogP) is 0.199. The summed E-state index contributed by atoms with van der Waals surface area (Å²) in [4.78, 5) is 30.2. The molecule has 1 fully saturated rings. The Morgan fingerprint density at radius 3 is 2.79 bits per heavy atom. The first-order chi connectivity index (χ1) is 9.06. The molecule has 102 valence electrons. The maximum atomic E-state index is 12.0. The zero-order valence-corrected chi connectivity index (χ0v) is 10.8. The maximum Gasteiger partial charge on any atom is 0.305 e. The van der Waals surface area contributed by atoms with E-state index in [1.54, 1.807) is 29.2 Å². The molecule has 2 heterocycles. The number of pyridine rings is 1. The van der Waals surface area contributed by atoms with E-state index in [1.807, 2.05) is 12.1 Å². The molecule has 1 N–H and O–H groups in total. The van der Waals surface area contributed by atoms with Crippen molar-refractivity contribution in [2.75, 3.05) is 20.1 Å². The second-order valence-electron chi connectivity index (χ2n) is 4.80. The average Bonchev–Trinajstić information content (AvgIpc) is 2.36. The highest BCUT2D eigenvalue weighted by Gasteiger charge is 2.30. The van der Waals surface area contributed by atoms with Crippen LogP contribution in [0.1, 0.15) is 12.0 Å². The summed E-state index contributed by atoms with van der Waals surface area (Å²) in [6.07, 6.45) is 3.42. The Morgan fingerprint density at radius 2 is 2.16 bits per heavy atom. The third-order valence-electron chi connectivity index (χ3n) is 3.32. The fraction of sp³-hybridized carbons (Fsp3) is 0.462. The van der Waals surface area contributed by atoms with Crippen LogP contribution in [0.2, 0.25) is 0 Å². The Bertz CT molecular complexity index is 463. The maximum absolute atomic E-state index is 12.0. The summed E-state index contributed by atoms with van der Waals surface area (Å²) in [5.41, 5.74) is 1.00. The van der Waals surface area contributed by atoms with Gasteiger partial charge in [-0.2, -0.15) is 0 Å². The summed E-state index contributed by atoms with van der Waals surface area (Å²) in [5, 5.41) is 8.89. The third kappa shape index (κ3) is 3.51. The van der Waals surface area contributed by atoms with E-state index in [2.05, 4.69) is 4.98 Å². The molecule has 1 aromatic rings. The van der Waals surface area contributed by atoms with E-state index in [9.17, 15) is 9.59 Å². The number of nitrogens with zero attached hydrogens (tertiary/aromatic N) is 3. The molecule has 1 aliphatic rings. The summed E-state index contributed by atoms with van der Waals surface area (Å²) in [6.45, 7) is 1.22. The van der Waals surface area contributed by atoms with Gasteiger partial charge in [-0.3, -0.25) is 19.5 Å². The molecule has 0 aromatic carbocycles. The zero-order chi connectivity index (χ0) is 13.8. The van der Waals surface area contributed by atoms with Crippen molar-refractivity contribution < 1.29 is 14.7 Å². The number of carboxylic acids is 1. The summed E-state index contributed by atoms with van der Waals surface area (Å²) in [6, 6.07) is 3.59. The molecule has 0 saturated carbocycles. The molecule has 1 atom stereocenters. The van der Waals surface area contributed by atoms with Gasteiger partial charge in [-0.25, -0.2) is 0 Å². The van der Waals surface area contributed by atoms with Crippen molar-refractivity contribution in [3.63, 3.8) is 0 Å². The fourth-order valence-corrected chi connectivity index (χ4v) is 2.22. The van der Waals surface area contributed by atoms with Crippen molar-refractivity contribution in [2.45, 2.75) is 19.0 Å². The van der Waals surface area contributed by atoms with Gasteiger partial charge in [-0.1, -0.05) is 0 Å². The van der Waals surface area contributed by atoms with Crippen LogP contribution in [-0.2, 0) is 16.1 Å². The molecule has 1 amide bonds. The zero-order valence-electron chi connectivity index (χ0n) is 10.8. The average molecular weight is 263 g/mol. The molecule has 1 aliphatic heterocycles. The topological polar surface area (TPSA) is 73.7 Å². The summed E-state index contributed by atoms with van der Waals surface area (Å²) >= 11 is 0. The van der Waals surface area contributed by atoms with E-state index >= 15 is 0 Å². The van der Waals surface area contributed by atoms with Gasteiger partial charge in [-0.05, 0) is 24.7 Å². The van der Waals surface area contributed by atoms with Crippen LogP contribution in [0.3, 0.4) is 0 Å². The smallest absolute Gasteiger partial charge is 0.305 e. The third-order valence-corrected chi connectivity index (χ3v) is 3.32. The molecule has 19 heavy (non-hydrogen) atoms. The second kappa shape index (κ2) is 5.79. The largest absolute Gasteiger partial charge is 0.481 e. The van der Waals surface area contributed by atoms with E-state index in [1.165, 1.54) is 0 Å². The number of aromatic nitrogens is 1. The Morgan fingerprint density at radius 1 is 1.47 bits per heavy atom. The van der Waals surface area contributed by atoms with Crippen molar-refractivity contribution in [3.8, 4) is 0 Å². The molecule has 0 aliphatic carbocycles.